The molecule has 3 aromatic rings. The summed E-state index contributed by atoms with van der Waals surface area (Å²) in [5.41, 5.74) is 1.07. The molecular weight excluding hydrogens is 528 g/mol. The van der Waals surface area contributed by atoms with E-state index < -0.39 is 54.5 Å². The van der Waals surface area contributed by atoms with Gasteiger partial charge in [-0.15, -0.1) is 5.10 Å². The molecule has 0 aliphatic carbocycles. The highest BCUT2D eigenvalue weighted by atomic mass is 16.7. The van der Waals surface area contributed by atoms with Crippen LogP contribution in [0.5, 0.6) is 5.75 Å². The number of ether oxygens (including phenoxy) is 6. The van der Waals surface area contributed by atoms with Gasteiger partial charge in [-0.2, -0.15) is 0 Å². The van der Waals surface area contributed by atoms with Crippen molar-refractivity contribution in [3.05, 3.63) is 48.4 Å². The van der Waals surface area contributed by atoms with Gasteiger partial charge in [0.1, 0.15) is 36.3 Å². The molecule has 1 aromatic carbocycles. The van der Waals surface area contributed by atoms with Gasteiger partial charge < -0.3 is 28.4 Å². The number of benzene rings is 1. The fraction of sp³-hybridized carbons (Fsp3) is 0.423. The van der Waals surface area contributed by atoms with Crippen LogP contribution in [-0.2, 0) is 49.5 Å². The van der Waals surface area contributed by atoms with E-state index in [-0.39, 0.29) is 13.2 Å². The van der Waals surface area contributed by atoms with Gasteiger partial charge in [0, 0.05) is 39.3 Å². The number of carbonyl (C=O) groups is 4. The summed E-state index contributed by atoms with van der Waals surface area (Å²) >= 11 is 0. The molecule has 0 radical (unpaired) electrons. The zero-order valence-electron chi connectivity index (χ0n) is 22.2. The summed E-state index contributed by atoms with van der Waals surface area (Å²) in [7, 11) is 0. The quantitative estimate of drug-likeness (QED) is 0.276. The van der Waals surface area contributed by atoms with E-state index in [1.54, 1.807) is 12.3 Å². The summed E-state index contributed by atoms with van der Waals surface area (Å²) in [6.07, 6.45) is -3.06. The molecular formula is C26H28N4O10. The number of nitrogens with zero attached hydrogens (tertiary/aromatic N) is 4. The third-order valence-electron chi connectivity index (χ3n) is 5.76. The molecule has 1 fully saturated rings. The van der Waals surface area contributed by atoms with Crippen molar-refractivity contribution in [1.82, 2.24) is 20.0 Å². The zero-order valence-corrected chi connectivity index (χ0v) is 22.2. The molecule has 0 bridgehead atoms. The average molecular weight is 557 g/mol. The Balaban J connectivity index is 1.63. The lowest BCUT2D eigenvalue weighted by Gasteiger charge is -2.44. The number of hydrogen-bond acceptors (Lipinski definition) is 13. The molecule has 4 rings (SSSR count). The van der Waals surface area contributed by atoms with E-state index in [1.165, 1.54) is 17.8 Å². The Morgan fingerprint density at radius 3 is 2.25 bits per heavy atom. The van der Waals surface area contributed by atoms with Crippen LogP contribution >= 0.6 is 0 Å². The normalized spacial score (nSPS) is 22.2. The number of fused-ring (bicyclic) bond motifs is 1. The molecule has 0 N–H and O–H groups in total. The second-order valence-corrected chi connectivity index (χ2v) is 8.90. The molecule has 3 heterocycles. The van der Waals surface area contributed by atoms with Crippen molar-refractivity contribution in [2.75, 3.05) is 6.61 Å². The molecule has 1 unspecified atom stereocenters. The lowest BCUT2D eigenvalue weighted by molar-refractivity contribution is -0.270. The number of carbonyl (C=O) groups excluding carboxylic acids is 4. The Morgan fingerprint density at radius 2 is 1.55 bits per heavy atom. The minimum atomic E-state index is -1.32. The van der Waals surface area contributed by atoms with Crippen molar-refractivity contribution in [2.45, 2.75) is 64.9 Å². The molecule has 40 heavy (non-hydrogen) atoms. The average Bonchev–Trinajstić information content (AvgIpc) is 3.36. The van der Waals surface area contributed by atoms with Crippen molar-refractivity contribution in [2.24, 2.45) is 0 Å². The predicted molar refractivity (Wildman–Crippen MR) is 133 cm³/mol. The van der Waals surface area contributed by atoms with Crippen LogP contribution in [0.3, 0.4) is 0 Å². The molecule has 0 saturated carbocycles. The van der Waals surface area contributed by atoms with Gasteiger partial charge in [0.05, 0.1) is 6.20 Å². The fourth-order valence-corrected chi connectivity index (χ4v) is 4.27. The Labute approximate surface area is 228 Å². The first kappa shape index (κ1) is 28.4. The van der Waals surface area contributed by atoms with E-state index in [1.807, 2.05) is 24.3 Å². The number of para-hydroxylation sites is 1. The summed E-state index contributed by atoms with van der Waals surface area (Å²) in [5.74, 6) is -2.25. The summed E-state index contributed by atoms with van der Waals surface area (Å²) in [4.78, 5) is 51.9. The second kappa shape index (κ2) is 12.5. The van der Waals surface area contributed by atoms with E-state index in [9.17, 15) is 19.2 Å². The summed E-state index contributed by atoms with van der Waals surface area (Å²) in [5, 5.41) is 9.13. The monoisotopic (exact) mass is 556 g/mol. The number of hydrogen-bond donors (Lipinski definition) is 0. The van der Waals surface area contributed by atoms with Crippen LogP contribution in [-0.4, -0.2) is 74.9 Å². The van der Waals surface area contributed by atoms with Crippen LogP contribution in [0.2, 0.25) is 0 Å². The van der Waals surface area contributed by atoms with E-state index in [0.717, 1.165) is 26.2 Å². The maximum Gasteiger partial charge on any atom is 0.303 e. The maximum atomic E-state index is 12.1. The van der Waals surface area contributed by atoms with Gasteiger partial charge in [-0.25, -0.2) is 4.68 Å². The van der Waals surface area contributed by atoms with Crippen molar-refractivity contribution < 1.29 is 47.6 Å². The zero-order chi connectivity index (χ0) is 28.8. The minimum absolute atomic E-state index is 0.0148. The fourth-order valence-electron chi connectivity index (χ4n) is 4.27. The van der Waals surface area contributed by atoms with E-state index >= 15 is 0 Å². The van der Waals surface area contributed by atoms with Gasteiger partial charge in [0.2, 0.25) is 0 Å². The molecule has 2 aromatic heterocycles. The van der Waals surface area contributed by atoms with Crippen molar-refractivity contribution in [1.29, 1.82) is 0 Å². The lowest BCUT2D eigenvalue weighted by atomic mass is 9.97. The highest BCUT2D eigenvalue weighted by molar-refractivity contribution is 5.84. The summed E-state index contributed by atoms with van der Waals surface area (Å²) in [6.45, 7) is 4.31. The molecule has 5 atom stereocenters. The largest absolute Gasteiger partial charge is 0.485 e. The Morgan fingerprint density at radius 1 is 0.875 bits per heavy atom. The highest BCUT2D eigenvalue weighted by Crippen LogP contribution is 2.34. The van der Waals surface area contributed by atoms with Crippen LogP contribution in [0, 0.1) is 0 Å². The number of pyridine rings is 1. The van der Waals surface area contributed by atoms with Gasteiger partial charge in [0.15, 0.2) is 24.5 Å². The minimum Gasteiger partial charge on any atom is -0.485 e. The molecule has 1 aliphatic rings. The maximum absolute atomic E-state index is 12.1. The summed E-state index contributed by atoms with van der Waals surface area (Å²) in [6, 6.07) is 9.27. The van der Waals surface area contributed by atoms with Crippen LogP contribution in [0.1, 0.15) is 39.6 Å². The predicted octanol–water partition coefficient (Wildman–Crippen LogP) is 1.66. The Bertz CT molecular complexity index is 1390. The summed E-state index contributed by atoms with van der Waals surface area (Å²) < 4.78 is 34.7. The first-order valence-corrected chi connectivity index (χ1v) is 12.3. The van der Waals surface area contributed by atoms with E-state index in [0.29, 0.717) is 17.0 Å². The topological polar surface area (TPSA) is 167 Å². The first-order chi connectivity index (χ1) is 19.1. The lowest BCUT2D eigenvalue weighted by Crippen LogP contribution is -2.60. The van der Waals surface area contributed by atoms with Gasteiger partial charge in [-0.3, -0.25) is 24.2 Å². The van der Waals surface area contributed by atoms with E-state index in [4.69, 9.17) is 28.4 Å². The standard InChI is InChI=1S/C26H28N4O10/c1-14(31)35-13-21-23(37-15(2)32)24(38-16(3)33)25(39-17(4)34)26(40-21)30-11-19(28-29-30)12-36-20-9-5-7-18-8-6-10-27-22(18)20/h5-11,21,23-26H,12-13H2,1-4H3/t21-,23+,24-,25+,26?/m1/s1. The van der Waals surface area contributed by atoms with Gasteiger partial charge >= 0.3 is 23.9 Å². The second-order valence-electron chi connectivity index (χ2n) is 8.90. The van der Waals surface area contributed by atoms with Crippen LogP contribution in [0.25, 0.3) is 10.9 Å². The van der Waals surface area contributed by atoms with Gasteiger partial charge in [-0.1, -0.05) is 23.4 Å². The van der Waals surface area contributed by atoms with Gasteiger partial charge in [-0.05, 0) is 12.1 Å². The van der Waals surface area contributed by atoms with Crippen molar-refractivity contribution in [3.8, 4) is 5.75 Å². The Kier molecular flexibility index (Phi) is 8.89. The third kappa shape index (κ3) is 6.88. The molecule has 212 valence electrons. The van der Waals surface area contributed by atoms with Crippen LogP contribution in [0.15, 0.2) is 42.7 Å². The van der Waals surface area contributed by atoms with Crippen LogP contribution < -0.4 is 4.74 Å². The van der Waals surface area contributed by atoms with Crippen LogP contribution in [0.4, 0.5) is 0 Å². The highest BCUT2D eigenvalue weighted by Gasteiger charge is 2.53. The molecule has 0 amide bonds. The molecule has 0 spiro atoms. The first-order valence-electron chi connectivity index (χ1n) is 12.3. The molecule has 14 nitrogen and oxygen atoms in total. The van der Waals surface area contributed by atoms with E-state index in [2.05, 4.69) is 15.3 Å². The Hall–Kier alpha value is -4.59. The molecule has 1 saturated heterocycles. The number of aromatic nitrogens is 4. The van der Waals surface area contributed by atoms with Crippen molar-refractivity contribution >= 4 is 34.8 Å². The number of esters is 4. The third-order valence-corrected chi connectivity index (χ3v) is 5.76. The molecule has 1 aliphatic heterocycles. The molecule has 14 heteroatoms. The van der Waals surface area contributed by atoms with Crippen molar-refractivity contribution in [3.63, 3.8) is 0 Å². The smallest absolute Gasteiger partial charge is 0.303 e. The van der Waals surface area contributed by atoms with Gasteiger partial charge in [0.25, 0.3) is 0 Å². The SMILES string of the molecule is CC(=O)OC[C@H]1OC(n2cc(COc3cccc4cccnc34)nn2)[C@@H](OC(C)=O)[C@H](OC(C)=O)[C@H]1OC(C)=O. The number of rotatable bonds is 9.